The first-order valence-electron chi connectivity index (χ1n) is 4.71. The van der Waals surface area contributed by atoms with Gasteiger partial charge < -0.3 is 11.5 Å². The largest absolute Gasteiger partial charge is 0.369 e. The van der Waals surface area contributed by atoms with E-state index in [4.69, 9.17) is 11.5 Å². The molecule has 1 aromatic carbocycles. The van der Waals surface area contributed by atoms with E-state index in [2.05, 4.69) is 36.2 Å². The van der Waals surface area contributed by atoms with Crippen molar-refractivity contribution in [3.63, 3.8) is 0 Å². The normalized spacial score (nSPS) is 11.3. The second kappa shape index (κ2) is 4.59. The quantitative estimate of drug-likeness (QED) is 0.433. The van der Waals surface area contributed by atoms with Gasteiger partial charge in [0.15, 0.2) is 0 Å². The van der Waals surface area contributed by atoms with Gasteiger partial charge in [0.2, 0.25) is 5.96 Å². The molecule has 1 aromatic rings. The molecule has 0 amide bonds. The number of hydrogen-bond donors (Lipinski definition) is 2. The second-order valence-corrected chi connectivity index (χ2v) is 3.51. The van der Waals surface area contributed by atoms with E-state index in [1.807, 2.05) is 13.0 Å². The van der Waals surface area contributed by atoms with Gasteiger partial charge in [0, 0.05) is 0 Å². The fraction of sp³-hybridized carbons (Fsp3) is 0.273. The maximum Gasteiger partial charge on any atom is 0.211 e. The van der Waals surface area contributed by atoms with Crippen LogP contribution in [-0.2, 0) is 0 Å². The van der Waals surface area contributed by atoms with E-state index in [9.17, 15) is 0 Å². The minimum Gasteiger partial charge on any atom is -0.369 e. The summed E-state index contributed by atoms with van der Waals surface area (Å²) in [6.07, 6.45) is 0. The Morgan fingerprint density at radius 1 is 1.07 bits per heavy atom. The molecule has 0 unspecified atom stereocenters. The first-order chi connectivity index (χ1) is 7.00. The lowest BCUT2D eigenvalue weighted by Crippen LogP contribution is -2.22. The Balaban J connectivity index is 3.02. The average molecular weight is 204 g/mol. The van der Waals surface area contributed by atoms with Crippen LogP contribution in [0.1, 0.15) is 23.6 Å². The predicted molar refractivity (Wildman–Crippen MR) is 63.9 cm³/mol. The first kappa shape index (κ1) is 11.2. The molecule has 0 aliphatic rings. The van der Waals surface area contributed by atoms with E-state index in [1.54, 1.807) is 0 Å². The van der Waals surface area contributed by atoms with Gasteiger partial charge in [0.25, 0.3) is 0 Å². The van der Waals surface area contributed by atoms with Gasteiger partial charge in [-0.3, -0.25) is 0 Å². The molecule has 0 aliphatic heterocycles. The number of nitrogens with zero attached hydrogens (tertiary/aromatic N) is 2. The molecular formula is C11H16N4. The zero-order chi connectivity index (χ0) is 11.4. The highest BCUT2D eigenvalue weighted by atomic mass is 15.3. The van der Waals surface area contributed by atoms with Gasteiger partial charge in [-0.2, -0.15) is 5.10 Å². The summed E-state index contributed by atoms with van der Waals surface area (Å²) in [7, 11) is 0. The first-order valence-corrected chi connectivity index (χ1v) is 4.71. The lowest BCUT2D eigenvalue weighted by Gasteiger charge is -2.03. The van der Waals surface area contributed by atoms with Crippen LogP contribution in [-0.4, -0.2) is 11.7 Å². The minimum absolute atomic E-state index is 0.0295. The Morgan fingerprint density at radius 3 is 2.27 bits per heavy atom. The highest BCUT2D eigenvalue weighted by Crippen LogP contribution is 2.10. The molecule has 0 heterocycles. The van der Waals surface area contributed by atoms with Gasteiger partial charge in [-0.25, -0.2) is 0 Å². The molecule has 4 nitrogen and oxygen atoms in total. The lowest BCUT2D eigenvalue weighted by molar-refractivity contribution is 1.19. The molecule has 0 bridgehead atoms. The maximum atomic E-state index is 5.19. The van der Waals surface area contributed by atoms with Crippen LogP contribution in [0.3, 0.4) is 0 Å². The molecule has 0 aliphatic carbocycles. The number of aryl methyl sites for hydroxylation is 2. The third kappa shape index (κ3) is 3.09. The van der Waals surface area contributed by atoms with Crippen LogP contribution >= 0.6 is 0 Å². The summed E-state index contributed by atoms with van der Waals surface area (Å²) < 4.78 is 0. The SMILES string of the molecule is C/C(=N/N=C(N)N)c1ccc(C)c(C)c1. The number of guanidine groups is 1. The third-order valence-electron chi connectivity index (χ3n) is 2.24. The van der Waals surface area contributed by atoms with E-state index in [1.165, 1.54) is 11.1 Å². The summed E-state index contributed by atoms with van der Waals surface area (Å²) in [6, 6.07) is 6.12. The highest BCUT2D eigenvalue weighted by Gasteiger charge is 1.99. The summed E-state index contributed by atoms with van der Waals surface area (Å²) in [5.41, 5.74) is 14.7. The summed E-state index contributed by atoms with van der Waals surface area (Å²) in [6.45, 7) is 6.00. The van der Waals surface area contributed by atoms with Crippen LogP contribution in [0.5, 0.6) is 0 Å². The van der Waals surface area contributed by atoms with E-state index < -0.39 is 0 Å². The van der Waals surface area contributed by atoms with Crippen molar-refractivity contribution in [2.75, 3.05) is 0 Å². The van der Waals surface area contributed by atoms with Crippen molar-refractivity contribution in [3.8, 4) is 0 Å². The molecule has 0 spiro atoms. The Morgan fingerprint density at radius 2 is 1.73 bits per heavy atom. The van der Waals surface area contributed by atoms with Gasteiger partial charge in [-0.15, -0.1) is 5.10 Å². The number of benzene rings is 1. The van der Waals surface area contributed by atoms with Gasteiger partial charge in [0.05, 0.1) is 5.71 Å². The molecule has 0 fully saturated rings. The van der Waals surface area contributed by atoms with Gasteiger partial charge >= 0.3 is 0 Å². The van der Waals surface area contributed by atoms with Crippen molar-refractivity contribution in [2.45, 2.75) is 20.8 Å². The fourth-order valence-corrected chi connectivity index (χ4v) is 1.16. The predicted octanol–water partition coefficient (Wildman–Crippen LogP) is 1.30. The van der Waals surface area contributed by atoms with Gasteiger partial charge in [-0.05, 0) is 43.5 Å². The Bertz CT molecular complexity index is 415. The van der Waals surface area contributed by atoms with Crippen molar-refractivity contribution < 1.29 is 0 Å². The summed E-state index contributed by atoms with van der Waals surface area (Å²) >= 11 is 0. The highest BCUT2D eigenvalue weighted by molar-refractivity contribution is 5.99. The van der Waals surface area contributed by atoms with Crippen LogP contribution < -0.4 is 11.5 Å². The third-order valence-corrected chi connectivity index (χ3v) is 2.24. The van der Waals surface area contributed by atoms with E-state index >= 15 is 0 Å². The lowest BCUT2D eigenvalue weighted by atomic mass is 10.0. The zero-order valence-electron chi connectivity index (χ0n) is 9.28. The number of nitrogens with two attached hydrogens (primary N) is 2. The molecule has 0 saturated heterocycles. The molecule has 1 rings (SSSR count). The van der Waals surface area contributed by atoms with Crippen LogP contribution in [0.15, 0.2) is 28.4 Å². The van der Waals surface area contributed by atoms with Crippen LogP contribution in [0.25, 0.3) is 0 Å². The molecule has 0 radical (unpaired) electrons. The van der Waals surface area contributed by atoms with Crippen molar-refractivity contribution in [2.24, 2.45) is 21.7 Å². The molecule has 4 heteroatoms. The van der Waals surface area contributed by atoms with Crippen molar-refractivity contribution in [1.82, 2.24) is 0 Å². The molecular weight excluding hydrogens is 188 g/mol. The van der Waals surface area contributed by atoms with E-state index in [0.717, 1.165) is 11.3 Å². The smallest absolute Gasteiger partial charge is 0.211 e. The van der Waals surface area contributed by atoms with E-state index in [-0.39, 0.29) is 5.96 Å². The zero-order valence-corrected chi connectivity index (χ0v) is 9.28. The van der Waals surface area contributed by atoms with Crippen molar-refractivity contribution in [1.29, 1.82) is 0 Å². The Kier molecular flexibility index (Phi) is 3.44. The Labute approximate surface area is 89.7 Å². The Hall–Kier alpha value is -1.84. The molecule has 80 valence electrons. The van der Waals surface area contributed by atoms with Crippen LogP contribution in [0.4, 0.5) is 0 Å². The standard InChI is InChI=1S/C11H16N4/c1-7-4-5-10(6-8(7)2)9(3)14-15-11(12)13/h4-6H,1-3H3,(H4,12,13,15)/b14-9-. The van der Waals surface area contributed by atoms with Gasteiger partial charge in [0.1, 0.15) is 0 Å². The van der Waals surface area contributed by atoms with Crippen LogP contribution in [0.2, 0.25) is 0 Å². The van der Waals surface area contributed by atoms with E-state index in [0.29, 0.717) is 0 Å². The van der Waals surface area contributed by atoms with Gasteiger partial charge in [-0.1, -0.05) is 12.1 Å². The van der Waals surface area contributed by atoms with Crippen molar-refractivity contribution in [3.05, 3.63) is 34.9 Å². The number of hydrogen-bond acceptors (Lipinski definition) is 2. The second-order valence-electron chi connectivity index (χ2n) is 3.51. The van der Waals surface area contributed by atoms with Crippen LogP contribution in [0, 0.1) is 13.8 Å². The fourth-order valence-electron chi connectivity index (χ4n) is 1.16. The topological polar surface area (TPSA) is 76.8 Å². The average Bonchev–Trinajstić information content (AvgIpc) is 2.18. The molecule has 4 N–H and O–H groups in total. The molecule has 0 atom stereocenters. The monoisotopic (exact) mass is 204 g/mol. The van der Waals surface area contributed by atoms with Crippen molar-refractivity contribution >= 4 is 11.7 Å². The maximum absolute atomic E-state index is 5.19. The summed E-state index contributed by atoms with van der Waals surface area (Å²) in [5, 5.41) is 7.53. The molecule has 0 aromatic heterocycles. The minimum atomic E-state index is -0.0295. The summed E-state index contributed by atoms with van der Waals surface area (Å²) in [4.78, 5) is 0. The summed E-state index contributed by atoms with van der Waals surface area (Å²) in [5.74, 6) is -0.0295. The number of rotatable bonds is 2. The molecule has 0 saturated carbocycles. The molecule has 15 heavy (non-hydrogen) atoms.